The monoisotopic (exact) mass is 832 g/mol. The third kappa shape index (κ3) is 5.39. The molecular formula is C66H40. The third-order valence-corrected chi connectivity index (χ3v) is 14.4. The van der Waals surface area contributed by atoms with Gasteiger partial charge in [-0.1, -0.05) is 231 Å². The van der Waals surface area contributed by atoms with E-state index in [9.17, 15) is 0 Å². The van der Waals surface area contributed by atoms with Gasteiger partial charge < -0.3 is 0 Å². The molecule has 0 aliphatic heterocycles. The molecule has 0 saturated carbocycles. The lowest BCUT2D eigenvalue weighted by atomic mass is 9.84. The predicted octanol–water partition coefficient (Wildman–Crippen LogP) is 18.7. The Labute approximate surface area is 382 Å². The first kappa shape index (κ1) is 36.9. The molecule has 0 atom stereocenters. The molecule has 0 aliphatic rings. The number of hydrogen-bond acceptors (Lipinski definition) is 0. The van der Waals surface area contributed by atoms with Gasteiger partial charge in [-0.15, -0.1) is 0 Å². The van der Waals surface area contributed by atoms with Gasteiger partial charge in [0.15, 0.2) is 0 Å². The highest BCUT2D eigenvalue weighted by Gasteiger charge is 2.21. The van der Waals surface area contributed by atoms with Crippen LogP contribution in [0.1, 0.15) is 0 Å². The lowest BCUT2D eigenvalue weighted by Crippen LogP contribution is -1.92. The molecule has 0 heterocycles. The number of hydrogen-bond donors (Lipinski definition) is 0. The van der Waals surface area contributed by atoms with Crippen LogP contribution in [0, 0.1) is 0 Å². The highest BCUT2D eigenvalue weighted by atomic mass is 14.2. The van der Waals surface area contributed by atoms with Crippen LogP contribution in [0.25, 0.3) is 141 Å². The topological polar surface area (TPSA) is 0 Å². The largest absolute Gasteiger partial charge is 0.0622 e. The first-order valence-electron chi connectivity index (χ1n) is 23.0. The Hall–Kier alpha value is -8.58. The molecular weight excluding hydrogens is 793 g/mol. The number of fused-ring (bicyclic) bond motifs is 9. The molecule has 0 aromatic heterocycles. The maximum absolute atomic E-state index is 2.49. The van der Waals surface area contributed by atoms with E-state index in [1.807, 2.05) is 0 Å². The molecule has 14 rings (SSSR count). The van der Waals surface area contributed by atoms with Gasteiger partial charge in [0.25, 0.3) is 0 Å². The Morgan fingerprint density at radius 2 is 0.439 bits per heavy atom. The summed E-state index contributed by atoms with van der Waals surface area (Å²) in [6, 6.07) is 90.6. The molecule has 0 radical (unpaired) electrons. The summed E-state index contributed by atoms with van der Waals surface area (Å²) >= 11 is 0. The Morgan fingerprint density at radius 3 is 0.773 bits per heavy atom. The lowest BCUT2D eigenvalue weighted by molar-refractivity contribution is 1.66. The Kier molecular flexibility index (Phi) is 8.08. The van der Waals surface area contributed by atoms with Gasteiger partial charge in [0.05, 0.1) is 0 Å². The minimum atomic E-state index is 1.22. The van der Waals surface area contributed by atoms with Gasteiger partial charge in [-0.25, -0.2) is 0 Å². The maximum atomic E-state index is 2.49. The predicted molar refractivity (Wildman–Crippen MR) is 286 cm³/mol. The van der Waals surface area contributed by atoms with Gasteiger partial charge in [0.1, 0.15) is 0 Å². The van der Waals surface area contributed by atoms with Crippen molar-refractivity contribution in [3.63, 3.8) is 0 Å². The molecule has 14 aromatic rings. The quantitative estimate of drug-likeness (QED) is 0.122. The van der Waals surface area contributed by atoms with E-state index in [0.717, 1.165) is 0 Å². The summed E-state index contributed by atoms with van der Waals surface area (Å²) in [4.78, 5) is 0. The third-order valence-electron chi connectivity index (χ3n) is 14.4. The minimum Gasteiger partial charge on any atom is -0.0622 e. The summed E-state index contributed by atoms with van der Waals surface area (Å²) in [6.45, 7) is 0. The zero-order chi connectivity index (χ0) is 43.3. The molecule has 14 aromatic carbocycles. The number of rotatable bonds is 4. The molecule has 66 heavy (non-hydrogen) atoms. The second-order valence-corrected chi connectivity index (χ2v) is 17.8. The minimum absolute atomic E-state index is 1.22. The van der Waals surface area contributed by atoms with Crippen molar-refractivity contribution in [3.8, 4) is 44.5 Å². The summed E-state index contributed by atoms with van der Waals surface area (Å²) in [6.07, 6.45) is 0. The van der Waals surface area contributed by atoms with E-state index < -0.39 is 0 Å². The van der Waals surface area contributed by atoms with Crippen LogP contribution in [0.4, 0.5) is 0 Å². The van der Waals surface area contributed by atoms with Crippen molar-refractivity contribution >= 4 is 97.0 Å². The van der Waals surface area contributed by atoms with E-state index >= 15 is 0 Å². The fourth-order valence-electron chi connectivity index (χ4n) is 11.6. The highest BCUT2D eigenvalue weighted by Crippen LogP contribution is 2.48. The second-order valence-electron chi connectivity index (χ2n) is 17.8. The Bertz CT molecular complexity index is 3920. The molecule has 0 aliphatic carbocycles. The maximum Gasteiger partial charge on any atom is -0.00203 e. The molecule has 0 amide bonds. The van der Waals surface area contributed by atoms with Crippen molar-refractivity contribution in [2.45, 2.75) is 0 Å². The van der Waals surface area contributed by atoms with Gasteiger partial charge in [-0.2, -0.15) is 0 Å². The summed E-state index contributed by atoms with van der Waals surface area (Å²) in [7, 11) is 0. The van der Waals surface area contributed by atoms with Gasteiger partial charge >= 0.3 is 0 Å². The molecule has 0 heteroatoms. The van der Waals surface area contributed by atoms with Crippen molar-refractivity contribution in [2.75, 3.05) is 0 Å². The van der Waals surface area contributed by atoms with Crippen molar-refractivity contribution in [1.82, 2.24) is 0 Å². The van der Waals surface area contributed by atoms with Gasteiger partial charge in [0.2, 0.25) is 0 Å². The van der Waals surface area contributed by atoms with E-state index in [1.165, 1.54) is 141 Å². The second kappa shape index (κ2) is 14.5. The van der Waals surface area contributed by atoms with E-state index in [-0.39, 0.29) is 0 Å². The van der Waals surface area contributed by atoms with Crippen LogP contribution >= 0.6 is 0 Å². The standard InChI is InChI=1S/C66H40/c1-3-17-41(18-4-1)61-49-23-7-11-27-53(49)63(54-28-12-8-24-50(54)61)45-35-37-47-48-38-36-46(40-60(48)58-32-16-22-44-34-33-43-21-15-31-57(59(47)39-45)65(43)66(44)58)64-55-29-13-9-25-51(55)62(42-19-5-2-6-20-42)52-26-10-14-30-56(52)64/h1-40H. The van der Waals surface area contributed by atoms with Crippen LogP contribution in [-0.2, 0) is 0 Å². The summed E-state index contributed by atoms with van der Waals surface area (Å²) in [5.41, 5.74) is 10.0. The summed E-state index contributed by atoms with van der Waals surface area (Å²) in [5, 5.41) is 22.7. The lowest BCUT2D eigenvalue weighted by Gasteiger charge is -2.19. The smallest absolute Gasteiger partial charge is 0.00203 e. The van der Waals surface area contributed by atoms with Crippen LogP contribution in [0.2, 0.25) is 0 Å². The first-order valence-corrected chi connectivity index (χ1v) is 23.0. The van der Waals surface area contributed by atoms with E-state index in [4.69, 9.17) is 0 Å². The molecule has 0 bridgehead atoms. The fourth-order valence-corrected chi connectivity index (χ4v) is 11.6. The zero-order valence-electron chi connectivity index (χ0n) is 36.1. The number of benzene rings is 13. The average Bonchev–Trinajstić information content (AvgIpc) is 3.39. The van der Waals surface area contributed by atoms with Gasteiger partial charge in [-0.05, 0) is 154 Å². The van der Waals surface area contributed by atoms with Crippen LogP contribution in [0.5, 0.6) is 0 Å². The van der Waals surface area contributed by atoms with E-state index in [0.29, 0.717) is 0 Å². The molecule has 304 valence electrons. The molecule has 0 fully saturated rings. The highest BCUT2D eigenvalue weighted by molar-refractivity contribution is 6.34. The van der Waals surface area contributed by atoms with Crippen LogP contribution in [-0.4, -0.2) is 0 Å². The van der Waals surface area contributed by atoms with Crippen molar-refractivity contribution < 1.29 is 0 Å². The van der Waals surface area contributed by atoms with Crippen LogP contribution < -0.4 is 0 Å². The van der Waals surface area contributed by atoms with Crippen molar-refractivity contribution in [3.05, 3.63) is 243 Å². The van der Waals surface area contributed by atoms with Gasteiger partial charge in [0, 0.05) is 0 Å². The summed E-state index contributed by atoms with van der Waals surface area (Å²) < 4.78 is 0. The Balaban J connectivity index is 1.12. The molecule has 0 unspecified atom stereocenters. The van der Waals surface area contributed by atoms with Gasteiger partial charge in [-0.3, -0.25) is 0 Å². The first-order chi connectivity index (χ1) is 32.8. The normalized spacial score (nSPS) is 11.9. The summed E-state index contributed by atoms with van der Waals surface area (Å²) in [5.74, 6) is 0. The van der Waals surface area contributed by atoms with E-state index in [1.54, 1.807) is 0 Å². The molecule has 0 nitrogen and oxygen atoms in total. The SMILES string of the molecule is c1ccc(-c2c3ccccc3c(-c3ccc4c5ccc(-c6c7ccccc7c(-c7ccccc7)c7ccccc67)cc5c5cccc6ccc7cccc(c4c3)c7c65)c3ccccc23)cc1. The Morgan fingerprint density at radius 1 is 0.152 bits per heavy atom. The zero-order valence-corrected chi connectivity index (χ0v) is 36.1. The average molecular weight is 833 g/mol. The molecule has 0 spiro atoms. The van der Waals surface area contributed by atoms with Crippen molar-refractivity contribution in [2.24, 2.45) is 0 Å². The molecule has 0 saturated heterocycles. The van der Waals surface area contributed by atoms with E-state index in [2.05, 4.69) is 243 Å². The van der Waals surface area contributed by atoms with Crippen molar-refractivity contribution in [1.29, 1.82) is 0 Å². The van der Waals surface area contributed by atoms with Crippen LogP contribution in [0.3, 0.4) is 0 Å². The molecule has 0 N–H and O–H groups in total. The fraction of sp³-hybridized carbons (Fsp3) is 0. The van der Waals surface area contributed by atoms with Crippen LogP contribution in [0.15, 0.2) is 243 Å².